The molecule has 1 saturated heterocycles. The van der Waals surface area contributed by atoms with Gasteiger partial charge in [0.25, 0.3) is 0 Å². The quantitative estimate of drug-likeness (QED) is 0.466. The number of hydrogen-bond acceptors (Lipinski definition) is 4. The van der Waals surface area contributed by atoms with Crippen molar-refractivity contribution < 1.29 is 4.79 Å². The molecule has 5 rings (SSSR count). The van der Waals surface area contributed by atoms with Gasteiger partial charge in [0.2, 0.25) is 5.91 Å². The van der Waals surface area contributed by atoms with E-state index >= 15 is 0 Å². The van der Waals surface area contributed by atoms with Crippen molar-refractivity contribution >= 4 is 33.4 Å². The van der Waals surface area contributed by atoms with Gasteiger partial charge < -0.3 is 10.2 Å². The van der Waals surface area contributed by atoms with Gasteiger partial charge in [-0.25, -0.2) is 0 Å². The number of anilines is 1. The highest BCUT2D eigenvalue weighted by Crippen LogP contribution is 2.30. The molecule has 1 unspecified atom stereocenters. The first kappa shape index (κ1) is 20.5. The lowest BCUT2D eigenvalue weighted by molar-refractivity contribution is -0.125. The molecular weight excluding hydrogens is 398 g/mol. The molecule has 1 aliphatic heterocycles. The summed E-state index contributed by atoms with van der Waals surface area (Å²) in [6.45, 7) is 5.30. The maximum absolute atomic E-state index is 12.9. The van der Waals surface area contributed by atoms with Crippen LogP contribution in [-0.2, 0) is 11.3 Å². The number of aryl methyl sites for hydroxylation is 2. The first-order chi connectivity index (χ1) is 15.7. The molecule has 4 aromatic rings. The summed E-state index contributed by atoms with van der Waals surface area (Å²) in [6, 6.07) is 16.7. The van der Waals surface area contributed by atoms with Gasteiger partial charge in [0, 0.05) is 48.8 Å². The lowest BCUT2D eigenvalue weighted by Crippen LogP contribution is -2.43. The Hall–Kier alpha value is -3.41. The van der Waals surface area contributed by atoms with E-state index in [2.05, 4.69) is 63.6 Å². The van der Waals surface area contributed by atoms with Crippen LogP contribution in [0.2, 0.25) is 0 Å². The summed E-state index contributed by atoms with van der Waals surface area (Å²) in [6.07, 6.45) is 6.59. The van der Waals surface area contributed by atoms with Crippen LogP contribution in [0, 0.1) is 12.8 Å². The number of fused-ring (bicyclic) bond motifs is 2. The Balaban J connectivity index is 1.18. The first-order valence-corrected chi connectivity index (χ1v) is 11.5. The van der Waals surface area contributed by atoms with Crippen molar-refractivity contribution in [2.45, 2.75) is 32.7 Å². The molecule has 6 heteroatoms. The van der Waals surface area contributed by atoms with Gasteiger partial charge >= 0.3 is 0 Å². The summed E-state index contributed by atoms with van der Waals surface area (Å²) in [5, 5.41) is 9.95. The van der Waals surface area contributed by atoms with Crippen molar-refractivity contribution in [2.24, 2.45) is 5.92 Å². The molecule has 164 valence electrons. The normalized spacial score (nSPS) is 16.5. The van der Waals surface area contributed by atoms with E-state index in [0.29, 0.717) is 6.54 Å². The van der Waals surface area contributed by atoms with Crippen LogP contribution in [0.5, 0.6) is 0 Å². The minimum Gasteiger partial charge on any atom is -0.370 e. The standard InChI is InChI=1S/C26H29N5O/c1-19-9-10-23-22(16-19)25(11-13-27-23)30-14-4-7-21(18-30)26(32)28-12-5-15-31-24-8-3-2-6-20(24)17-29-31/h2-3,6,8-11,13,16-17,21H,4-5,7,12,14-15,18H2,1H3,(H,28,32). The molecule has 1 fully saturated rings. The Labute approximate surface area is 188 Å². The topological polar surface area (TPSA) is 63.1 Å². The third-order valence-corrected chi connectivity index (χ3v) is 6.40. The molecule has 2 aromatic carbocycles. The molecule has 6 nitrogen and oxygen atoms in total. The number of rotatable bonds is 6. The maximum Gasteiger partial charge on any atom is 0.224 e. The zero-order chi connectivity index (χ0) is 21.9. The number of para-hydroxylation sites is 1. The first-order valence-electron chi connectivity index (χ1n) is 11.5. The van der Waals surface area contributed by atoms with Crippen molar-refractivity contribution in [3.63, 3.8) is 0 Å². The van der Waals surface area contributed by atoms with Gasteiger partial charge in [-0.2, -0.15) is 5.10 Å². The monoisotopic (exact) mass is 427 g/mol. The zero-order valence-electron chi connectivity index (χ0n) is 18.5. The van der Waals surface area contributed by atoms with Gasteiger partial charge in [-0.1, -0.05) is 29.8 Å². The summed E-state index contributed by atoms with van der Waals surface area (Å²) < 4.78 is 2.01. The van der Waals surface area contributed by atoms with Crippen molar-refractivity contribution in [2.75, 3.05) is 24.5 Å². The zero-order valence-corrected chi connectivity index (χ0v) is 18.5. The Morgan fingerprint density at radius 1 is 1.19 bits per heavy atom. The lowest BCUT2D eigenvalue weighted by atomic mass is 9.96. The van der Waals surface area contributed by atoms with Gasteiger partial charge in [0.15, 0.2) is 0 Å². The maximum atomic E-state index is 12.9. The number of amides is 1. The molecule has 3 heterocycles. The second-order valence-electron chi connectivity index (χ2n) is 8.71. The van der Waals surface area contributed by atoms with Crippen molar-refractivity contribution in [3.05, 3.63) is 66.5 Å². The summed E-state index contributed by atoms with van der Waals surface area (Å²) in [7, 11) is 0. The Kier molecular flexibility index (Phi) is 5.75. The van der Waals surface area contributed by atoms with E-state index in [1.165, 1.54) is 16.6 Å². The highest BCUT2D eigenvalue weighted by atomic mass is 16.1. The van der Waals surface area contributed by atoms with Gasteiger partial charge in [0.1, 0.15) is 0 Å². The summed E-state index contributed by atoms with van der Waals surface area (Å²) in [4.78, 5) is 19.8. The Morgan fingerprint density at radius 3 is 3.03 bits per heavy atom. The largest absolute Gasteiger partial charge is 0.370 e. The van der Waals surface area contributed by atoms with E-state index in [1.807, 2.05) is 29.2 Å². The lowest BCUT2D eigenvalue weighted by Gasteiger charge is -2.34. The molecule has 0 saturated carbocycles. The number of carbonyl (C=O) groups is 1. The van der Waals surface area contributed by atoms with Crippen LogP contribution in [-0.4, -0.2) is 40.3 Å². The van der Waals surface area contributed by atoms with E-state index in [9.17, 15) is 4.79 Å². The molecule has 1 amide bonds. The smallest absolute Gasteiger partial charge is 0.224 e. The van der Waals surface area contributed by atoms with Crippen LogP contribution in [0.25, 0.3) is 21.8 Å². The summed E-state index contributed by atoms with van der Waals surface area (Å²) in [5.74, 6) is 0.178. The number of benzene rings is 2. The summed E-state index contributed by atoms with van der Waals surface area (Å²) >= 11 is 0. The average Bonchev–Trinajstić information content (AvgIpc) is 3.24. The highest BCUT2D eigenvalue weighted by Gasteiger charge is 2.26. The fourth-order valence-corrected chi connectivity index (χ4v) is 4.72. The number of nitrogens with one attached hydrogen (secondary N) is 1. The predicted molar refractivity (Wildman–Crippen MR) is 129 cm³/mol. The number of nitrogens with zero attached hydrogens (tertiary/aromatic N) is 4. The van der Waals surface area contributed by atoms with Gasteiger partial charge in [-0.15, -0.1) is 0 Å². The van der Waals surface area contributed by atoms with Crippen LogP contribution in [0.1, 0.15) is 24.8 Å². The number of carbonyl (C=O) groups excluding carboxylic acids is 1. The minimum atomic E-state index is 0.0160. The van der Waals surface area contributed by atoms with Crippen LogP contribution in [0.3, 0.4) is 0 Å². The Bertz CT molecular complexity index is 1250. The molecule has 32 heavy (non-hydrogen) atoms. The molecule has 1 atom stereocenters. The average molecular weight is 428 g/mol. The summed E-state index contributed by atoms with van der Waals surface area (Å²) in [5.41, 5.74) is 4.55. The third-order valence-electron chi connectivity index (χ3n) is 6.40. The van der Waals surface area contributed by atoms with E-state index in [1.54, 1.807) is 0 Å². The van der Waals surface area contributed by atoms with Crippen molar-refractivity contribution in [1.82, 2.24) is 20.1 Å². The van der Waals surface area contributed by atoms with Crippen LogP contribution < -0.4 is 10.2 Å². The molecule has 1 aliphatic rings. The molecule has 0 aliphatic carbocycles. The van der Waals surface area contributed by atoms with Gasteiger partial charge in [-0.3, -0.25) is 14.5 Å². The van der Waals surface area contributed by atoms with Crippen LogP contribution in [0.4, 0.5) is 5.69 Å². The molecule has 0 radical (unpaired) electrons. The van der Waals surface area contributed by atoms with Crippen LogP contribution >= 0.6 is 0 Å². The third kappa shape index (κ3) is 4.17. The predicted octanol–water partition coefficient (Wildman–Crippen LogP) is 4.32. The molecule has 2 aromatic heterocycles. The van der Waals surface area contributed by atoms with Gasteiger partial charge in [0.05, 0.1) is 23.1 Å². The molecule has 1 N–H and O–H groups in total. The van der Waals surface area contributed by atoms with Gasteiger partial charge in [-0.05, 0) is 50.5 Å². The molecule has 0 spiro atoms. The number of aromatic nitrogens is 3. The molecule has 0 bridgehead atoms. The molecular formula is C26H29N5O. The minimum absolute atomic E-state index is 0.0160. The number of pyridine rings is 1. The van der Waals surface area contributed by atoms with Crippen molar-refractivity contribution in [1.29, 1.82) is 0 Å². The SMILES string of the molecule is Cc1ccc2nccc(N3CCCC(C(=O)NCCCn4ncc5ccccc54)C3)c2c1. The number of piperidine rings is 1. The second-order valence-corrected chi connectivity index (χ2v) is 8.71. The van der Waals surface area contributed by atoms with E-state index in [0.717, 1.165) is 55.3 Å². The van der Waals surface area contributed by atoms with Crippen LogP contribution in [0.15, 0.2) is 60.9 Å². The fraction of sp³-hybridized carbons (Fsp3) is 0.346. The van der Waals surface area contributed by atoms with E-state index < -0.39 is 0 Å². The van der Waals surface area contributed by atoms with E-state index in [4.69, 9.17) is 0 Å². The highest BCUT2D eigenvalue weighted by molar-refractivity contribution is 5.92. The second kappa shape index (κ2) is 8.99. The van der Waals surface area contributed by atoms with E-state index in [-0.39, 0.29) is 11.8 Å². The Morgan fingerprint density at radius 2 is 2.09 bits per heavy atom. The van der Waals surface area contributed by atoms with Crippen molar-refractivity contribution in [3.8, 4) is 0 Å². The fourth-order valence-electron chi connectivity index (χ4n) is 4.72. The number of hydrogen-bond donors (Lipinski definition) is 1.